The van der Waals surface area contributed by atoms with Crippen LogP contribution in [-0.2, 0) is 23.5 Å². The summed E-state index contributed by atoms with van der Waals surface area (Å²) in [6.07, 6.45) is 1.63. The number of fused-ring (bicyclic) bond motifs is 1. The molecule has 0 amide bonds. The van der Waals surface area contributed by atoms with Crippen molar-refractivity contribution in [3.63, 3.8) is 0 Å². The largest absolute Gasteiger partial charge is 0.493 e. The molecule has 130 valence electrons. The maximum Gasteiger partial charge on any atom is 0.244 e. The van der Waals surface area contributed by atoms with Crippen molar-refractivity contribution in [1.29, 1.82) is 0 Å². The molecule has 0 radical (unpaired) electrons. The van der Waals surface area contributed by atoms with Gasteiger partial charge in [-0.15, -0.1) is 0 Å². The molecule has 2 heterocycles. The Morgan fingerprint density at radius 2 is 2.08 bits per heavy atom. The zero-order valence-electron chi connectivity index (χ0n) is 14.2. The Balaban J connectivity index is 1.73. The Morgan fingerprint density at radius 1 is 1.33 bits per heavy atom. The Bertz CT molecular complexity index is 843. The number of hydrogen-bond donors (Lipinski definition) is 1. The molecule has 1 aliphatic heterocycles. The van der Waals surface area contributed by atoms with Gasteiger partial charge >= 0.3 is 0 Å². The summed E-state index contributed by atoms with van der Waals surface area (Å²) in [5.74, 6) is 1.11. The van der Waals surface area contributed by atoms with E-state index in [2.05, 4.69) is 9.82 Å². The summed E-state index contributed by atoms with van der Waals surface area (Å²) < 4.78 is 35.4. The molecule has 0 fully saturated rings. The zero-order valence-corrected chi connectivity index (χ0v) is 15.1. The lowest BCUT2D eigenvalue weighted by Crippen LogP contribution is -2.31. The van der Waals surface area contributed by atoms with Crippen LogP contribution in [0.1, 0.15) is 23.4 Å². The SMILES string of the molecule is Cc1nn(C)c(C)c1S(=O)(=O)NC[C@H]1CCOc2ccccc2C1. The average molecular weight is 349 g/mol. The molecule has 0 saturated carbocycles. The third kappa shape index (κ3) is 3.32. The van der Waals surface area contributed by atoms with E-state index in [4.69, 9.17) is 4.74 Å². The van der Waals surface area contributed by atoms with E-state index < -0.39 is 10.0 Å². The maximum absolute atomic E-state index is 12.7. The molecule has 3 rings (SSSR count). The number of rotatable bonds is 4. The normalized spacial score (nSPS) is 17.9. The first-order chi connectivity index (χ1) is 11.4. The second-order valence-corrected chi connectivity index (χ2v) is 7.99. The Hall–Kier alpha value is -1.86. The fraction of sp³-hybridized carbons (Fsp3) is 0.471. The van der Waals surface area contributed by atoms with Gasteiger partial charge in [0.25, 0.3) is 0 Å². The van der Waals surface area contributed by atoms with E-state index in [1.54, 1.807) is 25.6 Å². The lowest BCUT2D eigenvalue weighted by Gasteiger charge is -2.15. The smallest absolute Gasteiger partial charge is 0.244 e. The van der Waals surface area contributed by atoms with E-state index >= 15 is 0 Å². The molecule has 0 spiro atoms. The van der Waals surface area contributed by atoms with Gasteiger partial charge in [0.15, 0.2) is 0 Å². The highest BCUT2D eigenvalue weighted by molar-refractivity contribution is 7.89. The Kier molecular flexibility index (Phi) is 4.64. The Labute approximate surface area is 142 Å². The van der Waals surface area contributed by atoms with Crippen LogP contribution in [0.3, 0.4) is 0 Å². The van der Waals surface area contributed by atoms with E-state index in [9.17, 15) is 8.42 Å². The van der Waals surface area contributed by atoms with Crippen LogP contribution in [0, 0.1) is 19.8 Å². The van der Waals surface area contributed by atoms with E-state index in [1.807, 2.05) is 24.3 Å². The molecule has 1 aromatic carbocycles. The van der Waals surface area contributed by atoms with Crippen molar-refractivity contribution < 1.29 is 13.2 Å². The fourth-order valence-electron chi connectivity index (χ4n) is 3.18. The second-order valence-electron chi connectivity index (χ2n) is 6.29. The number of aryl methyl sites for hydroxylation is 2. The van der Waals surface area contributed by atoms with Crippen molar-refractivity contribution in [2.24, 2.45) is 13.0 Å². The van der Waals surface area contributed by atoms with Gasteiger partial charge < -0.3 is 4.74 Å². The predicted octanol–water partition coefficient (Wildman–Crippen LogP) is 1.96. The summed E-state index contributed by atoms with van der Waals surface area (Å²) in [5.41, 5.74) is 2.31. The lowest BCUT2D eigenvalue weighted by molar-refractivity contribution is 0.294. The average Bonchev–Trinajstić information content (AvgIpc) is 2.71. The van der Waals surface area contributed by atoms with E-state index in [1.165, 1.54) is 0 Å². The monoisotopic (exact) mass is 349 g/mol. The summed E-state index contributed by atoms with van der Waals surface area (Å²) in [6.45, 7) is 4.49. The van der Waals surface area contributed by atoms with Crippen LogP contribution in [0.15, 0.2) is 29.2 Å². The van der Waals surface area contributed by atoms with E-state index in [-0.39, 0.29) is 10.8 Å². The summed E-state index contributed by atoms with van der Waals surface area (Å²) >= 11 is 0. The molecule has 0 unspecified atom stereocenters. The molecule has 1 N–H and O–H groups in total. The summed E-state index contributed by atoms with van der Waals surface area (Å²) in [5, 5.41) is 4.19. The van der Waals surface area contributed by atoms with Crippen LogP contribution >= 0.6 is 0 Å². The van der Waals surface area contributed by atoms with Crippen molar-refractivity contribution in [1.82, 2.24) is 14.5 Å². The van der Waals surface area contributed by atoms with Crippen LogP contribution in [0.5, 0.6) is 5.75 Å². The van der Waals surface area contributed by atoms with Gasteiger partial charge in [-0.1, -0.05) is 18.2 Å². The van der Waals surface area contributed by atoms with Crippen LogP contribution in [0.25, 0.3) is 0 Å². The predicted molar refractivity (Wildman–Crippen MR) is 91.6 cm³/mol. The van der Waals surface area contributed by atoms with Gasteiger partial charge in [-0.25, -0.2) is 13.1 Å². The summed E-state index contributed by atoms with van der Waals surface area (Å²) in [7, 11) is -1.81. The van der Waals surface area contributed by atoms with Gasteiger partial charge in [-0.2, -0.15) is 5.10 Å². The molecule has 2 aromatic rings. The Morgan fingerprint density at radius 3 is 2.79 bits per heavy atom. The molecule has 0 saturated heterocycles. The highest BCUT2D eigenvalue weighted by atomic mass is 32.2. The second kappa shape index (κ2) is 6.57. The standard InChI is InChI=1S/C17H23N3O3S/c1-12-17(13(2)20(3)19-12)24(21,22)18-11-14-8-9-23-16-7-5-4-6-15(16)10-14/h4-7,14,18H,8-11H2,1-3H3/t14-/m0/s1. The number of aromatic nitrogens is 2. The maximum atomic E-state index is 12.7. The van der Waals surface area contributed by atoms with Crippen LogP contribution in [0.2, 0.25) is 0 Å². The summed E-state index contributed by atoms with van der Waals surface area (Å²) in [6, 6.07) is 7.94. The van der Waals surface area contributed by atoms with Gasteiger partial charge in [-0.05, 0) is 44.2 Å². The van der Waals surface area contributed by atoms with Crippen molar-refractivity contribution in [2.45, 2.75) is 31.6 Å². The molecule has 24 heavy (non-hydrogen) atoms. The quantitative estimate of drug-likeness (QED) is 0.916. The van der Waals surface area contributed by atoms with Crippen molar-refractivity contribution in [3.8, 4) is 5.75 Å². The molecule has 1 aliphatic rings. The molecule has 7 heteroatoms. The van der Waals surface area contributed by atoms with E-state index in [0.29, 0.717) is 24.5 Å². The number of ether oxygens (including phenoxy) is 1. The molecule has 1 aromatic heterocycles. The molecule has 0 bridgehead atoms. The minimum absolute atomic E-state index is 0.209. The molecule has 6 nitrogen and oxygen atoms in total. The number of para-hydroxylation sites is 1. The number of benzene rings is 1. The fourth-order valence-corrected chi connectivity index (χ4v) is 4.73. The van der Waals surface area contributed by atoms with E-state index in [0.717, 1.165) is 24.2 Å². The van der Waals surface area contributed by atoms with Crippen molar-refractivity contribution in [2.75, 3.05) is 13.2 Å². The van der Waals surface area contributed by atoms with Gasteiger partial charge in [0.05, 0.1) is 18.0 Å². The third-order valence-corrected chi connectivity index (χ3v) is 6.21. The first-order valence-corrected chi connectivity index (χ1v) is 9.57. The first-order valence-electron chi connectivity index (χ1n) is 8.09. The number of nitrogens with zero attached hydrogens (tertiary/aromatic N) is 2. The third-order valence-electron chi connectivity index (χ3n) is 4.54. The van der Waals surface area contributed by atoms with Crippen LogP contribution in [0.4, 0.5) is 0 Å². The van der Waals surface area contributed by atoms with Crippen molar-refractivity contribution in [3.05, 3.63) is 41.2 Å². The highest BCUT2D eigenvalue weighted by Crippen LogP contribution is 2.26. The molecular weight excluding hydrogens is 326 g/mol. The number of sulfonamides is 1. The highest BCUT2D eigenvalue weighted by Gasteiger charge is 2.25. The molecular formula is C17H23N3O3S. The summed E-state index contributed by atoms with van der Waals surface area (Å²) in [4.78, 5) is 0.287. The minimum Gasteiger partial charge on any atom is -0.493 e. The number of nitrogens with one attached hydrogen (secondary N) is 1. The lowest BCUT2D eigenvalue weighted by atomic mass is 9.97. The van der Waals surface area contributed by atoms with Gasteiger partial charge in [0.2, 0.25) is 10.0 Å². The van der Waals surface area contributed by atoms with Gasteiger partial charge in [0, 0.05) is 13.6 Å². The minimum atomic E-state index is -3.56. The van der Waals surface area contributed by atoms with Crippen LogP contribution < -0.4 is 9.46 Å². The van der Waals surface area contributed by atoms with Crippen LogP contribution in [-0.4, -0.2) is 31.3 Å². The van der Waals surface area contributed by atoms with Gasteiger partial charge in [0.1, 0.15) is 10.6 Å². The topological polar surface area (TPSA) is 73.2 Å². The van der Waals surface area contributed by atoms with Crippen molar-refractivity contribution >= 4 is 10.0 Å². The number of hydrogen-bond acceptors (Lipinski definition) is 4. The first kappa shape index (κ1) is 17.0. The molecule has 0 aliphatic carbocycles. The molecule has 1 atom stereocenters. The zero-order chi connectivity index (χ0) is 17.3. The van der Waals surface area contributed by atoms with Gasteiger partial charge in [-0.3, -0.25) is 4.68 Å².